The van der Waals surface area contributed by atoms with Crippen LogP contribution in [0.4, 0.5) is 0 Å². The molecule has 2 heterocycles. The first-order valence-corrected chi connectivity index (χ1v) is 6.66. The summed E-state index contributed by atoms with van der Waals surface area (Å²) in [5.41, 5.74) is 1.92. The second-order valence-electron chi connectivity index (χ2n) is 4.01. The van der Waals surface area contributed by atoms with Crippen molar-refractivity contribution in [2.24, 2.45) is 0 Å². The number of carbonyl (C=O) groups excluding carboxylic acids is 1. The SMILES string of the molecule is CCCCOC(=O)Cc1csc2nc(C)cn12. The Labute approximate surface area is 104 Å². The highest BCUT2D eigenvalue weighted by Crippen LogP contribution is 2.17. The molecule has 0 saturated carbocycles. The smallest absolute Gasteiger partial charge is 0.311 e. The van der Waals surface area contributed by atoms with Crippen molar-refractivity contribution >= 4 is 22.3 Å². The molecular formula is C12H16N2O2S. The summed E-state index contributed by atoms with van der Waals surface area (Å²) in [5, 5.41) is 1.96. The lowest BCUT2D eigenvalue weighted by Crippen LogP contribution is -2.10. The fraction of sp³-hybridized carbons (Fsp3) is 0.500. The molecule has 2 rings (SSSR count). The zero-order valence-electron chi connectivity index (χ0n) is 10.1. The number of rotatable bonds is 5. The van der Waals surface area contributed by atoms with E-state index in [1.165, 1.54) is 0 Å². The lowest BCUT2D eigenvalue weighted by atomic mass is 10.3. The van der Waals surface area contributed by atoms with Crippen molar-refractivity contribution in [1.82, 2.24) is 9.38 Å². The summed E-state index contributed by atoms with van der Waals surface area (Å²) in [6.45, 7) is 4.54. The molecule has 0 aliphatic carbocycles. The van der Waals surface area contributed by atoms with Crippen LogP contribution in [0, 0.1) is 6.92 Å². The number of esters is 1. The number of hydrogen-bond acceptors (Lipinski definition) is 4. The molecule has 0 aliphatic rings. The molecule has 0 N–H and O–H groups in total. The van der Waals surface area contributed by atoms with Crippen molar-refractivity contribution in [3.8, 4) is 0 Å². The first-order valence-electron chi connectivity index (χ1n) is 5.78. The fourth-order valence-corrected chi connectivity index (χ4v) is 2.52. The van der Waals surface area contributed by atoms with E-state index < -0.39 is 0 Å². The van der Waals surface area contributed by atoms with Crippen LogP contribution in [0.25, 0.3) is 4.96 Å². The summed E-state index contributed by atoms with van der Waals surface area (Å²) >= 11 is 1.55. The second-order valence-corrected chi connectivity index (χ2v) is 4.85. The molecule has 0 fully saturated rings. The Hall–Kier alpha value is -1.36. The summed E-state index contributed by atoms with van der Waals surface area (Å²) < 4.78 is 7.10. The largest absolute Gasteiger partial charge is 0.465 e. The van der Waals surface area contributed by atoms with Gasteiger partial charge in [0, 0.05) is 17.3 Å². The number of unbranched alkanes of at least 4 members (excludes halogenated alkanes) is 1. The molecule has 2 aromatic heterocycles. The highest BCUT2D eigenvalue weighted by molar-refractivity contribution is 7.15. The molecule has 5 heteroatoms. The third kappa shape index (κ3) is 2.85. The van der Waals surface area contributed by atoms with E-state index in [0.717, 1.165) is 29.2 Å². The number of carbonyl (C=O) groups is 1. The Morgan fingerprint density at radius 2 is 2.41 bits per heavy atom. The quantitative estimate of drug-likeness (QED) is 0.607. The van der Waals surface area contributed by atoms with Gasteiger partial charge in [0.2, 0.25) is 0 Å². The van der Waals surface area contributed by atoms with Crippen molar-refractivity contribution in [1.29, 1.82) is 0 Å². The third-order valence-corrected chi connectivity index (χ3v) is 3.38. The van der Waals surface area contributed by atoms with Crippen molar-refractivity contribution in [2.75, 3.05) is 6.61 Å². The van der Waals surface area contributed by atoms with E-state index in [4.69, 9.17) is 4.74 Å². The van der Waals surface area contributed by atoms with Crippen LogP contribution in [0.1, 0.15) is 31.2 Å². The Balaban J connectivity index is 2.00. The molecule has 0 radical (unpaired) electrons. The summed E-state index contributed by atoms with van der Waals surface area (Å²) in [7, 11) is 0. The zero-order chi connectivity index (χ0) is 12.3. The van der Waals surface area contributed by atoms with Gasteiger partial charge in [-0.25, -0.2) is 4.98 Å². The second kappa shape index (κ2) is 5.31. The monoisotopic (exact) mass is 252 g/mol. The number of imidazole rings is 1. The molecule has 0 aliphatic heterocycles. The third-order valence-electron chi connectivity index (χ3n) is 2.49. The molecular weight excluding hydrogens is 236 g/mol. The van der Waals surface area contributed by atoms with Crippen LogP contribution < -0.4 is 0 Å². The van der Waals surface area contributed by atoms with Gasteiger partial charge in [-0.05, 0) is 13.3 Å². The van der Waals surface area contributed by atoms with E-state index in [0.29, 0.717) is 13.0 Å². The lowest BCUT2D eigenvalue weighted by Gasteiger charge is -2.02. The van der Waals surface area contributed by atoms with Crippen LogP contribution in [0.5, 0.6) is 0 Å². The number of hydrogen-bond donors (Lipinski definition) is 0. The van der Waals surface area contributed by atoms with Gasteiger partial charge in [-0.2, -0.15) is 0 Å². The van der Waals surface area contributed by atoms with Crippen molar-refractivity contribution in [2.45, 2.75) is 33.1 Å². The van der Waals surface area contributed by atoms with E-state index in [1.807, 2.05) is 22.9 Å². The number of aromatic nitrogens is 2. The highest BCUT2D eigenvalue weighted by Gasteiger charge is 2.11. The van der Waals surface area contributed by atoms with E-state index >= 15 is 0 Å². The van der Waals surface area contributed by atoms with Crippen LogP contribution in [0.15, 0.2) is 11.6 Å². The van der Waals surface area contributed by atoms with E-state index in [2.05, 4.69) is 11.9 Å². The minimum absolute atomic E-state index is 0.162. The maximum Gasteiger partial charge on any atom is 0.311 e. The molecule has 0 aromatic carbocycles. The molecule has 0 unspecified atom stereocenters. The first-order chi connectivity index (χ1) is 8.20. The highest BCUT2D eigenvalue weighted by atomic mass is 32.1. The van der Waals surface area contributed by atoms with Crippen molar-refractivity contribution in [3.63, 3.8) is 0 Å². The minimum Gasteiger partial charge on any atom is -0.465 e. The Kier molecular flexibility index (Phi) is 3.78. The standard InChI is InChI=1S/C12H16N2O2S/c1-3-4-5-16-11(15)6-10-8-17-12-13-9(2)7-14(10)12/h7-8H,3-6H2,1-2H3. The van der Waals surface area contributed by atoms with Crippen LogP contribution in [0.3, 0.4) is 0 Å². The van der Waals surface area contributed by atoms with Crippen molar-refractivity contribution in [3.05, 3.63) is 23.0 Å². The number of fused-ring (bicyclic) bond motifs is 1. The lowest BCUT2D eigenvalue weighted by molar-refractivity contribution is -0.143. The average molecular weight is 252 g/mol. The topological polar surface area (TPSA) is 43.6 Å². The fourth-order valence-electron chi connectivity index (χ4n) is 1.60. The number of ether oxygens (including phenoxy) is 1. The van der Waals surface area contributed by atoms with E-state index in [-0.39, 0.29) is 5.97 Å². The molecule has 0 spiro atoms. The van der Waals surface area contributed by atoms with Gasteiger partial charge in [0.15, 0.2) is 4.96 Å². The number of thiazole rings is 1. The van der Waals surface area contributed by atoms with Gasteiger partial charge in [-0.15, -0.1) is 11.3 Å². The van der Waals surface area contributed by atoms with Gasteiger partial charge in [0.05, 0.1) is 18.7 Å². The molecule has 0 bridgehead atoms. The van der Waals surface area contributed by atoms with Crippen molar-refractivity contribution < 1.29 is 9.53 Å². The summed E-state index contributed by atoms with van der Waals surface area (Å²) in [4.78, 5) is 16.9. The summed E-state index contributed by atoms with van der Waals surface area (Å²) in [5.74, 6) is -0.162. The van der Waals surface area contributed by atoms with Gasteiger partial charge in [0.1, 0.15) is 0 Å². The van der Waals surface area contributed by atoms with Gasteiger partial charge < -0.3 is 4.74 Å². The van der Waals surface area contributed by atoms with Crippen LogP contribution in [0.2, 0.25) is 0 Å². The van der Waals surface area contributed by atoms with Gasteiger partial charge >= 0.3 is 5.97 Å². The Morgan fingerprint density at radius 3 is 3.18 bits per heavy atom. The van der Waals surface area contributed by atoms with Crippen LogP contribution >= 0.6 is 11.3 Å². The molecule has 92 valence electrons. The maximum absolute atomic E-state index is 11.6. The molecule has 0 saturated heterocycles. The van der Waals surface area contributed by atoms with Gasteiger partial charge in [-0.1, -0.05) is 13.3 Å². The summed E-state index contributed by atoms with van der Waals surface area (Å²) in [6, 6.07) is 0. The molecule has 17 heavy (non-hydrogen) atoms. The maximum atomic E-state index is 11.6. The average Bonchev–Trinajstić information content (AvgIpc) is 2.80. The predicted octanol–water partition coefficient (Wildman–Crippen LogP) is 2.59. The minimum atomic E-state index is -0.162. The molecule has 0 amide bonds. The number of aryl methyl sites for hydroxylation is 1. The molecule has 2 aromatic rings. The first kappa shape index (κ1) is 12.1. The zero-order valence-corrected chi connectivity index (χ0v) is 10.9. The predicted molar refractivity (Wildman–Crippen MR) is 67.4 cm³/mol. The van der Waals surface area contributed by atoms with Gasteiger partial charge in [-0.3, -0.25) is 9.20 Å². The molecule has 0 atom stereocenters. The Bertz CT molecular complexity index is 516. The number of nitrogens with zero attached hydrogens (tertiary/aromatic N) is 2. The Morgan fingerprint density at radius 1 is 1.59 bits per heavy atom. The van der Waals surface area contributed by atoms with Gasteiger partial charge in [0.25, 0.3) is 0 Å². The van der Waals surface area contributed by atoms with E-state index in [9.17, 15) is 4.79 Å². The molecule has 4 nitrogen and oxygen atoms in total. The summed E-state index contributed by atoms with van der Waals surface area (Å²) in [6.07, 6.45) is 4.23. The van der Waals surface area contributed by atoms with Crippen LogP contribution in [-0.4, -0.2) is 22.0 Å². The normalized spacial score (nSPS) is 10.9. The van der Waals surface area contributed by atoms with Crippen LogP contribution in [-0.2, 0) is 16.0 Å². The van der Waals surface area contributed by atoms with E-state index in [1.54, 1.807) is 11.3 Å².